The van der Waals surface area contributed by atoms with Gasteiger partial charge >= 0.3 is 0 Å². The molecule has 0 unspecified atom stereocenters. The zero-order valence-electron chi connectivity index (χ0n) is 18.8. The number of hydrogen-bond donors (Lipinski definition) is 1. The first-order valence-corrected chi connectivity index (χ1v) is 11.9. The molecule has 0 radical (unpaired) electrons. The maximum absolute atomic E-state index is 13.5. The summed E-state index contributed by atoms with van der Waals surface area (Å²) in [5, 5.41) is 3.95. The van der Waals surface area contributed by atoms with Gasteiger partial charge in [0.1, 0.15) is 10.5 Å². The average Bonchev–Trinajstić information content (AvgIpc) is 3.03. The monoisotopic (exact) mass is 451 g/mol. The number of likely N-dealkylation sites (N-methyl/N-ethyl adjacent to an activating group) is 2. The number of rotatable bonds is 5. The normalized spacial score (nSPS) is 15.8. The summed E-state index contributed by atoms with van der Waals surface area (Å²) in [6.45, 7) is 5.39. The molecular formula is C23H29N7OS. The van der Waals surface area contributed by atoms with Crippen LogP contribution in [0.25, 0.3) is 26.1 Å². The summed E-state index contributed by atoms with van der Waals surface area (Å²) < 4.78 is 3.26. The first kappa shape index (κ1) is 21.1. The molecule has 1 aliphatic rings. The SMILES string of the molecule is CN(C)CCNc1c(=O)c2cnc(N3CCCN(C)CC3)nc2n2c1sc1ccccc12. The standard InChI is InChI=1S/C23H29N7OS/c1-27(2)12-9-24-19-20(31)16-15-25-23(29-11-6-10-28(3)13-14-29)26-21(16)30-17-7-4-5-8-18(17)32-22(19)30/h4-5,7-8,15,24H,6,9-14H2,1-3H3. The van der Waals surface area contributed by atoms with Gasteiger partial charge in [-0.1, -0.05) is 12.1 Å². The van der Waals surface area contributed by atoms with E-state index in [9.17, 15) is 4.79 Å². The molecule has 9 heteroatoms. The Bertz CT molecular complexity index is 1330. The van der Waals surface area contributed by atoms with Crippen molar-refractivity contribution in [3.63, 3.8) is 0 Å². The van der Waals surface area contributed by atoms with E-state index in [0.29, 0.717) is 29.2 Å². The molecule has 168 valence electrons. The molecule has 1 aromatic carbocycles. The third-order valence-corrected chi connectivity index (χ3v) is 7.18. The number of fused-ring (bicyclic) bond motifs is 5. The van der Waals surface area contributed by atoms with Gasteiger partial charge in [0.2, 0.25) is 11.4 Å². The molecule has 0 spiro atoms. The van der Waals surface area contributed by atoms with Crippen molar-refractivity contribution < 1.29 is 0 Å². The third-order valence-electron chi connectivity index (χ3n) is 6.03. The van der Waals surface area contributed by atoms with Crippen molar-refractivity contribution in [2.75, 3.05) is 70.6 Å². The summed E-state index contributed by atoms with van der Waals surface area (Å²) in [6, 6.07) is 8.25. The Labute approximate surface area is 191 Å². The molecule has 8 nitrogen and oxygen atoms in total. The lowest BCUT2D eigenvalue weighted by molar-refractivity contribution is 0.360. The minimum Gasteiger partial charge on any atom is -0.378 e. The molecular weight excluding hydrogens is 422 g/mol. The smallest absolute Gasteiger partial charge is 0.227 e. The minimum absolute atomic E-state index is 0.0348. The molecule has 0 saturated carbocycles. The van der Waals surface area contributed by atoms with E-state index in [1.165, 1.54) is 0 Å². The van der Waals surface area contributed by atoms with E-state index in [1.807, 2.05) is 26.2 Å². The van der Waals surface area contributed by atoms with Gasteiger partial charge in [-0.15, -0.1) is 11.3 Å². The number of anilines is 2. The summed E-state index contributed by atoms with van der Waals surface area (Å²) in [7, 11) is 6.20. The van der Waals surface area contributed by atoms with Gasteiger partial charge in [-0.25, -0.2) is 4.98 Å². The second kappa shape index (κ2) is 8.65. The van der Waals surface area contributed by atoms with Gasteiger partial charge < -0.3 is 20.0 Å². The Balaban J connectivity index is 1.70. The van der Waals surface area contributed by atoms with Crippen molar-refractivity contribution in [1.29, 1.82) is 0 Å². The Morgan fingerprint density at radius 3 is 2.84 bits per heavy atom. The molecule has 1 N–H and O–H groups in total. The largest absolute Gasteiger partial charge is 0.378 e. The second-order valence-electron chi connectivity index (χ2n) is 8.70. The van der Waals surface area contributed by atoms with Crippen LogP contribution in [0.2, 0.25) is 0 Å². The Hall–Kier alpha value is -2.75. The highest BCUT2D eigenvalue weighted by atomic mass is 32.1. The van der Waals surface area contributed by atoms with Gasteiger partial charge in [-0.3, -0.25) is 9.20 Å². The van der Waals surface area contributed by atoms with Crippen LogP contribution in [0.3, 0.4) is 0 Å². The predicted octanol–water partition coefficient (Wildman–Crippen LogP) is 2.57. The molecule has 1 saturated heterocycles. The van der Waals surface area contributed by atoms with Gasteiger partial charge in [-0.05, 0) is 46.2 Å². The molecule has 32 heavy (non-hydrogen) atoms. The molecule has 0 aliphatic carbocycles. The highest BCUT2D eigenvalue weighted by Gasteiger charge is 2.21. The topological polar surface area (TPSA) is 69.0 Å². The quantitative estimate of drug-likeness (QED) is 0.500. The molecule has 1 fully saturated rings. The Morgan fingerprint density at radius 2 is 2.00 bits per heavy atom. The molecule has 5 rings (SSSR count). The third kappa shape index (κ3) is 3.80. The lowest BCUT2D eigenvalue weighted by Gasteiger charge is -2.21. The van der Waals surface area contributed by atoms with Gasteiger partial charge in [0.25, 0.3) is 0 Å². The summed E-state index contributed by atoms with van der Waals surface area (Å²) in [5.74, 6) is 0.699. The fourth-order valence-electron chi connectivity index (χ4n) is 4.25. The number of hydrogen-bond acceptors (Lipinski definition) is 8. The summed E-state index contributed by atoms with van der Waals surface area (Å²) in [4.78, 5) is 30.7. The van der Waals surface area contributed by atoms with Crippen molar-refractivity contribution in [2.24, 2.45) is 0 Å². The van der Waals surface area contributed by atoms with Crippen LogP contribution in [0, 0.1) is 0 Å². The highest BCUT2D eigenvalue weighted by Crippen LogP contribution is 2.32. The molecule has 0 atom stereocenters. The average molecular weight is 452 g/mol. The number of nitrogens with zero attached hydrogens (tertiary/aromatic N) is 6. The van der Waals surface area contributed by atoms with Gasteiger partial charge in [0.05, 0.1) is 15.6 Å². The van der Waals surface area contributed by atoms with Crippen LogP contribution in [0.5, 0.6) is 0 Å². The fourth-order valence-corrected chi connectivity index (χ4v) is 5.41. The van der Waals surface area contributed by atoms with E-state index < -0.39 is 0 Å². The molecule has 3 aromatic heterocycles. The highest BCUT2D eigenvalue weighted by molar-refractivity contribution is 7.24. The van der Waals surface area contributed by atoms with Crippen LogP contribution in [0.1, 0.15) is 6.42 Å². The molecule has 4 heterocycles. The van der Waals surface area contributed by atoms with E-state index in [1.54, 1.807) is 17.5 Å². The minimum atomic E-state index is -0.0348. The van der Waals surface area contributed by atoms with E-state index in [-0.39, 0.29) is 5.43 Å². The van der Waals surface area contributed by atoms with E-state index >= 15 is 0 Å². The van der Waals surface area contributed by atoms with Crippen molar-refractivity contribution in [3.05, 3.63) is 40.7 Å². The molecule has 0 bridgehead atoms. The van der Waals surface area contributed by atoms with Crippen molar-refractivity contribution in [1.82, 2.24) is 24.2 Å². The Morgan fingerprint density at radius 1 is 1.16 bits per heavy atom. The van der Waals surface area contributed by atoms with Crippen LogP contribution in [0.4, 0.5) is 11.6 Å². The van der Waals surface area contributed by atoms with Crippen molar-refractivity contribution >= 4 is 49.1 Å². The number of aromatic nitrogens is 3. The van der Waals surface area contributed by atoms with E-state index in [4.69, 9.17) is 4.98 Å². The lowest BCUT2D eigenvalue weighted by Crippen LogP contribution is -2.30. The van der Waals surface area contributed by atoms with Gasteiger partial charge in [0.15, 0.2) is 5.65 Å². The fraction of sp³-hybridized carbons (Fsp3) is 0.435. The summed E-state index contributed by atoms with van der Waals surface area (Å²) in [6.07, 6.45) is 2.79. The Kier molecular flexibility index (Phi) is 5.71. The maximum Gasteiger partial charge on any atom is 0.227 e. The van der Waals surface area contributed by atoms with Crippen molar-refractivity contribution in [2.45, 2.75) is 6.42 Å². The first-order valence-electron chi connectivity index (χ1n) is 11.1. The van der Waals surface area contributed by atoms with Crippen LogP contribution >= 0.6 is 11.3 Å². The van der Waals surface area contributed by atoms with Crippen LogP contribution in [-0.4, -0.2) is 84.6 Å². The maximum atomic E-state index is 13.5. The second-order valence-corrected chi connectivity index (χ2v) is 9.73. The summed E-state index contributed by atoms with van der Waals surface area (Å²) >= 11 is 1.63. The zero-order chi connectivity index (χ0) is 22.2. The number of para-hydroxylation sites is 1. The van der Waals surface area contributed by atoms with E-state index in [2.05, 4.69) is 48.6 Å². The van der Waals surface area contributed by atoms with Gasteiger partial charge in [0, 0.05) is 38.9 Å². The number of pyridine rings is 1. The number of thiazole rings is 1. The van der Waals surface area contributed by atoms with Gasteiger partial charge in [-0.2, -0.15) is 4.98 Å². The zero-order valence-corrected chi connectivity index (χ0v) is 19.7. The first-order chi connectivity index (χ1) is 15.5. The van der Waals surface area contributed by atoms with Crippen LogP contribution in [-0.2, 0) is 0 Å². The predicted molar refractivity (Wildman–Crippen MR) is 134 cm³/mol. The summed E-state index contributed by atoms with van der Waals surface area (Å²) in [5.41, 5.74) is 2.34. The van der Waals surface area contributed by atoms with Crippen LogP contribution < -0.4 is 15.6 Å². The molecule has 4 aromatic rings. The number of benzene rings is 1. The van der Waals surface area contributed by atoms with Crippen molar-refractivity contribution in [3.8, 4) is 0 Å². The molecule has 0 amide bonds. The van der Waals surface area contributed by atoms with E-state index in [0.717, 1.165) is 54.2 Å². The molecule has 1 aliphatic heterocycles. The lowest BCUT2D eigenvalue weighted by atomic mass is 10.2. The van der Waals surface area contributed by atoms with Crippen LogP contribution in [0.15, 0.2) is 35.3 Å². The number of nitrogens with one attached hydrogen (secondary N) is 1.